The molecule has 0 unspecified atom stereocenters. The van der Waals surface area contributed by atoms with Crippen molar-refractivity contribution in [1.82, 2.24) is 0 Å². The van der Waals surface area contributed by atoms with Crippen LogP contribution in [0.3, 0.4) is 0 Å². The van der Waals surface area contributed by atoms with E-state index >= 15 is 0 Å². The van der Waals surface area contributed by atoms with Gasteiger partial charge in [0.15, 0.2) is 0 Å². The van der Waals surface area contributed by atoms with Crippen molar-refractivity contribution in [3.8, 4) is 0 Å². The van der Waals surface area contributed by atoms with E-state index < -0.39 is 0 Å². The predicted octanol–water partition coefficient (Wildman–Crippen LogP) is 4.87. The first-order valence-corrected chi connectivity index (χ1v) is 5.63. The minimum atomic E-state index is 1.19. The Kier molecular flexibility index (Phi) is 7.77. The van der Waals surface area contributed by atoms with E-state index in [0.29, 0.717) is 0 Å². The van der Waals surface area contributed by atoms with Crippen LogP contribution in [0.25, 0.3) is 0 Å². The van der Waals surface area contributed by atoms with E-state index in [1.54, 1.807) is 5.57 Å². The monoisotopic (exact) mass is 180 g/mol. The zero-order chi connectivity index (χ0) is 10.1. The van der Waals surface area contributed by atoms with Crippen LogP contribution in [0.1, 0.15) is 59.8 Å². The highest BCUT2D eigenvalue weighted by Gasteiger charge is 1.94. The smallest absolute Gasteiger partial charge is 0.0282 e. The fourth-order valence-corrected chi connectivity index (χ4v) is 1.40. The predicted molar refractivity (Wildman–Crippen MR) is 61.9 cm³/mol. The van der Waals surface area contributed by atoms with Crippen LogP contribution < -0.4 is 0 Å². The molecule has 0 aliphatic carbocycles. The summed E-state index contributed by atoms with van der Waals surface area (Å²) < 4.78 is 0. The summed E-state index contributed by atoms with van der Waals surface area (Å²) in [5.74, 6) is 0. The van der Waals surface area contributed by atoms with Crippen LogP contribution in [0.4, 0.5) is 0 Å². The van der Waals surface area contributed by atoms with E-state index in [0.717, 1.165) is 0 Å². The Morgan fingerprint density at radius 3 is 2.08 bits per heavy atom. The molecule has 0 radical (unpaired) electrons. The van der Waals surface area contributed by atoms with Crippen molar-refractivity contribution in [2.24, 2.45) is 0 Å². The molecule has 76 valence electrons. The molecular formula is C13H24. The van der Waals surface area contributed by atoms with E-state index in [1.165, 1.54) is 37.7 Å². The number of allylic oxidation sites excluding steroid dienone is 4. The highest BCUT2D eigenvalue weighted by Crippen LogP contribution is 2.14. The molecule has 0 saturated heterocycles. The van der Waals surface area contributed by atoms with Crippen LogP contribution in [-0.2, 0) is 0 Å². The molecule has 0 saturated carbocycles. The Morgan fingerprint density at radius 1 is 1.08 bits per heavy atom. The standard InChI is InChI=1S/C13H24/c1-5-9-10-13(8-4)11-12(6-2)7-3/h8,11H,5-7,9-10H2,1-4H3/b13-8+. The van der Waals surface area contributed by atoms with E-state index in [4.69, 9.17) is 0 Å². The van der Waals surface area contributed by atoms with Crippen molar-refractivity contribution in [2.75, 3.05) is 0 Å². The van der Waals surface area contributed by atoms with E-state index in [9.17, 15) is 0 Å². The van der Waals surface area contributed by atoms with Gasteiger partial charge in [0.05, 0.1) is 0 Å². The maximum atomic E-state index is 2.38. The van der Waals surface area contributed by atoms with Crippen molar-refractivity contribution in [3.63, 3.8) is 0 Å². The van der Waals surface area contributed by atoms with Crippen LogP contribution in [-0.4, -0.2) is 0 Å². The van der Waals surface area contributed by atoms with Crippen molar-refractivity contribution < 1.29 is 0 Å². The molecule has 0 aliphatic heterocycles. The maximum absolute atomic E-state index is 2.38. The number of hydrogen-bond acceptors (Lipinski definition) is 0. The average Bonchev–Trinajstić information content (AvgIpc) is 2.19. The fraction of sp³-hybridized carbons (Fsp3) is 0.692. The fourth-order valence-electron chi connectivity index (χ4n) is 1.40. The van der Waals surface area contributed by atoms with Gasteiger partial charge in [0, 0.05) is 0 Å². The minimum absolute atomic E-state index is 1.19. The van der Waals surface area contributed by atoms with Crippen molar-refractivity contribution >= 4 is 0 Å². The van der Waals surface area contributed by atoms with E-state index in [1.807, 2.05) is 0 Å². The summed E-state index contributed by atoms with van der Waals surface area (Å²) in [7, 11) is 0. The van der Waals surface area contributed by atoms with Crippen LogP contribution >= 0.6 is 0 Å². The molecular weight excluding hydrogens is 156 g/mol. The molecule has 0 heteroatoms. The second kappa shape index (κ2) is 8.10. The third-order valence-corrected chi connectivity index (χ3v) is 2.49. The first-order chi connectivity index (χ1) is 6.28. The van der Waals surface area contributed by atoms with Crippen LogP contribution in [0.2, 0.25) is 0 Å². The van der Waals surface area contributed by atoms with Crippen LogP contribution in [0, 0.1) is 0 Å². The molecule has 0 amide bonds. The molecule has 0 rings (SSSR count). The second-order valence-electron chi connectivity index (χ2n) is 3.48. The second-order valence-corrected chi connectivity index (χ2v) is 3.48. The van der Waals surface area contributed by atoms with Crippen molar-refractivity contribution in [2.45, 2.75) is 59.8 Å². The van der Waals surface area contributed by atoms with Crippen LogP contribution in [0.5, 0.6) is 0 Å². The van der Waals surface area contributed by atoms with Gasteiger partial charge in [-0.05, 0) is 32.6 Å². The molecule has 0 N–H and O–H groups in total. The van der Waals surface area contributed by atoms with Crippen molar-refractivity contribution in [3.05, 3.63) is 23.3 Å². The molecule has 0 bridgehead atoms. The molecule has 0 atom stereocenters. The Hall–Kier alpha value is -0.520. The van der Waals surface area contributed by atoms with Gasteiger partial charge in [0.25, 0.3) is 0 Å². The normalized spacial score (nSPS) is 11.5. The Bertz CT molecular complexity index is 166. The highest BCUT2D eigenvalue weighted by atomic mass is 14.0. The Morgan fingerprint density at radius 2 is 1.69 bits per heavy atom. The van der Waals surface area contributed by atoms with E-state index in [2.05, 4.69) is 39.8 Å². The lowest BCUT2D eigenvalue weighted by Gasteiger charge is -2.04. The van der Waals surface area contributed by atoms with Gasteiger partial charge in [-0.15, -0.1) is 0 Å². The van der Waals surface area contributed by atoms with Gasteiger partial charge in [-0.2, -0.15) is 0 Å². The van der Waals surface area contributed by atoms with Crippen LogP contribution in [0.15, 0.2) is 23.3 Å². The zero-order valence-electron chi connectivity index (χ0n) is 9.69. The quantitative estimate of drug-likeness (QED) is 0.512. The molecule has 0 spiro atoms. The topological polar surface area (TPSA) is 0 Å². The first-order valence-electron chi connectivity index (χ1n) is 5.63. The van der Waals surface area contributed by atoms with Gasteiger partial charge in [-0.1, -0.05) is 50.5 Å². The summed E-state index contributed by atoms with van der Waals surface area (Å²) >= 11 is 0. The van der Waals surface area contributed by atoms with Gasteiger partial charge >= 0.3 is 0 Å². The maximum Gasteiger partial charge on any atom is -0.0282 e. The third kappa shape index (κ3) is 5.68. The van der Waals surface area contributed by atoms with E-state index in [-0.39, 0.29) is 0 Å². The van der Waals surface area contributed by atoms with Gasteiger partial charge < -0.3 is 0 Å². The molecule has 0 aromatic carbocycles. The summed E-state index contributed by atoms with van der Waals surface area (Å²) in [5, 5.41) is 0. The lowest BCUT2D eigenvalue weighted by molar-refractivity contribution is 0.794. The summed E-state index contributed by atoms with van der Waals surface area (Å²) in [5.41, 5.74) is 3.09. The molecule has 13 heavy (non-hydrogen) atoms. The van der Waals surface area contributed by atoms with Gasteiger partial charge in [0.2, 0.25) is 0 Å². The molecule has 0 heterocycles. The number of unbranched alkanes of at least 4 members (excludes halogenated alkanes) is 1. The molecule has 0 fully saturated rings. The highest BCUT2D eigenvalue weighted by molar-refractivity contribution is 5.22. The molecule has 0 aliphatic rings. The largest absolute Gasteiger partial charge is 0.0844 e. The molecule has 0 aromatic rings. The summed E-state index contributed by atoms with van der Waals surface area (Å²) in [6.07, 6.45) is 10.9. The average molecular weight is 180 g/mol. The summed E-state index contributed by atoms with van der Waals surface area (Å²) in [4.78, 5) is 0. The number of rotatable bonds is 6. The lowest BCUT2D eigenvalue weighted by Crippen LogP contribution is -1.84. The first kappa shape index (κ1) is 12.5. The molecule has 0 aromatic heterocycles. The lowest BCUT2D eigenvalue weighted by atomic mass is 10.0. The van der Waals surface area contributed by atoms with Gasteiger partial charge in [0.1, 0.15) is 0 Å². The Balaban J connectivity index is 4.17. The van der Waals surface area contributed by atoms with Gasteiger partial charge in [-0.25, -0.2) is 0 Å². The summed E-state index contributed by atoms with van der Waals surface area (Å²) in [6, 6.07) is 0. The summed E-state index contributed by atoms with van der Waals surface area (Å²) in [6.45, 7) is 8.87. The number of hydrogen-bond donors (Lipinski definition) is 0. The van der Waals surface area contributed by atoms with Gasteiger partial charge in [-0.3, -0.25) is 0 Å². The SMILES string of the molecule is C/C=C(/C=C(CC)CC)CCCC. The van der Waals surface area contributed by atoms with Crippen molar-refractivity contribution in [1.29, 1.82) is 0 Å². The zero-order valence-corrected chi connectivity index (χ0v) is 9.69. The molecule has 0 nitrogen and oxygen atoms in total. The third-order valence-electron chi connectivity index (χ3n) is 2.49. The minimum Gasteiger partial charge on any atom is -0.0844 e. The Labute approximate surface area is 83.7 Å².